The van der Waals surface area contributed by atoms with E-state index in [1.54, 1.807) is 0 Å². The van der Waals surface area contributed by atoms with E-state index >= 15 is 0 Å². The number of para-hydroxylation sites is 1. The number of hydrogen-bond acceptors (Lipinski definition) is 4. The molecule has 1 aromatic carbocycles. The highest BCUT2D eigenvalue weighted by atomic mass is 19.4. The quantitative estimate of drug-likeness (QED) is 0.829. The maximum absolute atomic E-state index is 12.9. The molecule has 0 spiro atoms. The number of aromatic carboxylic acids is 1. The van der Waals surface area contributed by atoms with Crippen LogP contribution in [-0.2, 0) is 6.18 Å². The third-order valence-corrected chi connectivity index (χ3v) is 3.10. The normalized spacial score (nSPS) is 12.5. The summed E-state index contributed by atoms with van der Waals surface area (Å²) in [6.45, 7) is 1.31. The van der Waals surface area contributed by atoms with Crippen LogP contribution in [0.3, 0.4) is 0 Å². The Kier molecular flexibility index (Phi) is 5.35. The Balaban J connectivity index is 1.96. The molecule has 0 fully saturated rings. The van der Waals surface area contributed by atoms with E-state index in [0.29, 0.717) is 0 Å². The van der Waals surface area contributed by atoms with Gasteiger partial charge in [0.25, 0.3) is 5.91 Å². The first-order valence-electron chi connectivity index (χ1n) is 7.11. The zero-order valence-corrected chi connectivity index (χ0v) is 13.0. The van der Waals surface area contributed by atoms with Crippen LogP contribution in [0.4, 0.5) is 13.2 Å². The summed E-state index contributed by atoms with van der Waals surface area (Å²) in [5, 5.41) is 11.2. The number of nitrogens with one attached hydrogen (secondary N) is 1. The second-order valence-corrected chi connectivity index (χ2v) is 5.15. The summed E-state index contributed by atoms with van der Waals surface area (Å²) in [6, 6.07) is 6.40. The van der Waals surface area contributed by atoms with Gasteiger partial charge in [-0.3, -0.25) is 4.79 Å². The second-order valence-electron chi connectivity index (χ2n) is 5.15. The van der Waals surface area contributed by atoms with Crippen LogP contribution in [0.5, 0.6) is 5.75 Å². The Hall–Kier alpha value is -2.97. The van der Waals surface area contributed by atoms with Crippen molar-refractivity contribution in [2.45, 2.75) is 19.1 Å². The van der Waals surface area contributed by atoms with Crippen LogP contribution >= 0.6 is 0 Å². The summed E-state index contributed by atoms with van der Waals surface area (Å²) < 4.78 is 48.6. The molecule has 2 rings (SSSR count). The third-order valence-electron chi connectivity index (χ3n) is 3.10. The summed E-state index contributed by atoms with van der Waals surface area (Å²) in [4.78, 5) is 22.6. The lowest BCUT2D eigenvalue weighted by Gasteiger charge is -2.17. The number of amides is 1. The molecular weight excluding hydrogens is 343 g/mol. The first-order chi connectivity index (χ1) is 11.7. The zero-order chi connectivity index (χ0) is 18.6. The third kappa shape index (κ3) is 4.75. The number of carboxylic acid groups (broad SMARTS) is 1. The molecule has 2 aromatic rings. The molecule has 6 nitrogen and oxygen atoms in total. The van der Waals surface area contributed by atoms with Crippen LogP contribution in [0.1, 0.15) is 33.6 Å². The van der Waals surface area contributed by atoms with Gasteiger partial charge >= 0.3 is 12.1 Å². The van der Waals surface area contributed by atoms with Crippen LogP contribution in [0.25, 0.3) is 0 Å². The number of carboxylic acids is 1. The highest BCUT2D eigenvalue weighted by Crippen LogP contribution is 2.35. The second kappa shape index (κ2) is 7.29. The van der Waals surface area contributed by atoms with E-state index in [4.69, 9.17) is 14.3 Å². The van der Waals surface area contributed by atoms with E-state index in [-0.39, 0.29) is 18.1 Å². The number of carbonyl (C=O) groups is 2. The van der Waals surface area contributed by atoms with Gasteiger partial charge in [-0.15, -0.1) is 0 Å². The summed E-state index contributed by atoms with van der Waals surface area (Å²) in [7, 11) is 0. The number of benzene rings is 1. The highest BCUT2D eigenvalue weighted by molar-refractivity contribution is 5.93. The van der Waals surface area contributed by atoms with E-state index in [2.05, 4.69) is 5.32 Å². The summed E-state index contributed by atoms with van der Waals surface area (Å²) in [6.07, 6.45) is -4.55. The predicted molar refractivity (Wildman–Crippen MR) is 79.5 cm³/mol. The van der Waals surface area contributed by atoms with Crippen molar-refractivity contribution in [3.8, 4) is 5.75 Å². The van der Waals surface area contributed by atoms with Crippen LogP contribution in [0, 0.1) is 0 Å². The van der Waals surface area contributed by atoms with Gasteiger partial charge in [-0.25, -0.2) is 4.79 Å². The van der Waals surface area contributed by atoms with Crippen molar-refractivity contribution in [2.24, 2.45) is 0 Å². The maximum atomic E-state index is 12.9. The van der Waals surface area contributed by atoms with Crippen molar-refractivity contribution in [3.05, 3.63) is 53.5 Å². The van der Waals surface area contributed by atoms with Crippen molar-refractivity contribution in [1.82, 2.24) is 5.32 Å². The van der Waals surface area contributed by atoms with Crippen LogP contribution in [0.2, 0.25) is 0 Å². The first kappa shape index (κ1) is 18.4. The smallest absolute Gasteiger partial charge is 0.419 e. The van der Waals surface area contributed by atoms with Crippen molar-refractivity contribution >= 4 is 11.9 Å². The molecule has 1 aromatic heterocycles. The number of hydrogen-bond donors (Lipinski definition) is 2. The molecule has 0 aliphatic rings. The Morgan fingerprint density at radius 2 is 1.84 bits per heavy atom. The Bertz CT molecular complexity index is 769. The standard InChI is InChI=1S/C16H14F3NO5/c1-9(20-14(21)12-6-7-13(25-12)15(22)23)8-24-11-5-3-2-4-10(11)16(17,18)19/h2-7,9H,8H2,1H3,(H,20,21)(H,22,23). The SMILES string of the molecule is CC(COc1ccccc1C(F)(F)F)NC(=O)c1ccc(C(=O)O)o1. The molecule has 1 heterocycles. The van der Waals surface area contributed by atoms with E-state index in [0.717, 1.165) is 12.1 Å². The molecule has 0 saturated carbocycles. The molecule has 9 heteroatoms. The number of carbonyl (C=O) groups excluding carboxylic acids is 1. The number of furan rings is 1. The lowest BCUT2D eigenvalue weighted by molar-refractivity contribution is -0.139. The van der Waals surface area contributed by atoms with Gasteiger partial charge in [-0.2, -0.15) is 13.2 Å². The minimum absolute atomic E-state index is 0.217. The summed E-state index contributed by atoms with van der Waals surface area (Å²) in [5.74, 6) is -2.98. The van der Waals surface area contributed by atoms with Gasteiger partial charge in [0.2, 0.25) is 5.76 Å². The molecule has 2 N–H and O–H groups in total. The maximum Gasteiger partial charge on any atom is 0.419 e. The molecule has 25 heavy (non-hydrogen) atoms. The highest BCUT2D eigenvalue weighted by Gasteiger charge is 2.34. The van der Waals surface area contributed by atoms with Gasteiger partial charge in [0.05, 0.1) is 11.6 Å². The Labute approximate surface area is 140 Å². The number of ether oxygens (including phenoxy) is 1. The predicted octanol–water partition coefficient (Wildman–Crippen LogP) is 3.19. The summed E-state index contributed by atoms with van der Waals surface area (Å²) >= 11 is 0. The first-order valence-corrected chi connectivity index (χ1v) is 7.11. The topological polar surface area (TPSA) is 88.8 Å². The van der Waals surface area contributed by atoms with Gasteiger partial charge in [0, 0.05) is 0 Å². The Morgan fingerprint density at radius 3 is 2.44 bits per heavy atom. The van der Waals surface area contributed by atoms with E-state index in [1.165, 1.54) is 31.2 Å². The van der Waals surface area contributed by atoms with Crippen LogP contribution < -0.4 is 10.1 Å². The molecule has 0 bridgehead atoms. The van der Waals surface area contributed by atoms with Gasteiger partial charge in [0.1, 0.15) is 12.4 Å². The molecule has 0 aliphatic carbocycles. The molecule has 0 radical (unpaired) electrons. The lowest BCUT2D eigenvalue weighted by atomic mass is 10.2. The molecule has 1 atom stereocenters. The molecule has 1 unspecified atom stereocenters. The van der Waals surface area contributed by atoms with Crippen molar-refractivity contribution in [1.29, 1.82) is 0 Å². The van der Waals surface area contributed by atoms with Gasteiger partial charge in [0.15, 0.2) is 5.76 Å². The average Bonchev–Trinajstić information content (AvgIpc) is 3.02. The number of halogens is 3. The molecule has 0 aliphatic heterocycles. The largest absolute Gasteiger partial charge is 0.491 e. The molecule has 0 saturated heterocycles. The van der Waals surface area contributed by atoms with Crippen molar-refractivity contribution in [3.63, 3.8) is 0 Å². The van der Waals surface area contributed by atoms with Crippen LogP contribution in [0.15, 0.2) is 40.8 Å². The minimum atomic E-state index is -4.55. The monoisotopic (exact) mass is 357 g/mol. The Morgan fingerprint density at radius 1 is 1.20 bits per heavy atom. The lowest BCUT2D eigenvalue weighted by Crippen LogP contribution is -2.36. The number of rotatable bonds is 6. The van der Waals surface area contributed by atoms with E-state index in [1.807, 2.05) is 0 Å². The fraction of sp³-hybridized carbons (Fsp3) is 0.250. The van der Waals surface area contributed by atoms with Crippen molar-refractivity contribution in [2.75, 3.05) is 6.61 Å². The van der Waals surface area contributed by atoms with Gasteiger partial charge in [-0.1, -0.05) is 12.1 Å². The van der Waals surface area contributed by atoms with Gasteiger partial charge in [-0.05, 0) is 31.2 Å². The van der Waals surface area contributed by atoms with E-state index < -0.39 is 35.4 Å². The minimum Gasteiger partial charge on any atom is -0.491 e. The molecule has 134 valence electrons. The van der Waals surface area contributed by atoms with Gasteiger partial charge < -0.3 is 19.6 Å². The zero-order valence-electron chi connectivity index (χ0n) is 13.0. The molecule has 1 amide bonds. The van der Waals surface area contributed by atoms with E-state index in [9.17, 15) is 22.8 Å². The summed E-state index contributed by atoms with van der Waals surface area (Å²) in [5.41, 5.74) is -0.911. The van der Waals surface area contributed by atoms with Crippen LogP contribution in [-0.4, -0.2) is 29.6 Å². The number of alkyl halides is 3. The van der Waals surface area contributed by atoms with Crippen molar-refractivity contribution < 1.29 is 37.0 Å². The fourth-order valence-electron chi connectivity index (χ4n) is 1.95. The fourth-order valence-corrected chi connectivity index (χ4v) is 1.95. The average molecular weight is 357 g/mol. The molecular formula is C16H14F3NO5.